The van der Waals surface area contributed by atoms with Crippen molar-refractivity contribution in [2.75, 3.05) is 11.9 Å². The molecule has 102 valence electrons. The first-order valence-corrected chi connectivity index (χ1v) is 6.43. The van der Waals surface area contributed by atoms with Crippen molar-refractivity contribution >= 4 is 22.8 Å². The molecule has 0 aliphatic heterocycles. The van der Waals surface area contributed by atoms with Crippen LogP contribution in [0.5, 0.6) is 0 Å². The van der Waals surface area contributed by atoms with E-state index in [9.17, 15) is 4.79 Å². The van der Waals surface area contributed by atoms with Gasteiger partial charge in [-0.15, -0.1) is 0 Å². The summed E-state index contributed by atoms with van der Waals surface area (Å²) < 4.78 is 1.92. The Morgan fingerprint density at radius 2 is 2.26 bits per heavy atom. The molecule has 6 heteroatoms. The number of aromatic nitrogens is 3. The molecule has 2 aromatic rings. The van der Waals surface area contributed by atoms with Crippen LogP contribution in [-0.4, -0.2) is 33.0 Å². The Hall–Kier alpha value is -2.11. The molecule has 0 aliphatic carbocycles. The zero-order valence-electron chi connectivity index (χ0n) is 11.5. The molecule has 1 amide bonds. The number of rotatable bonds is 5. The number of imidazole rings is 1. The van der Waals surface area contributed by atoms with Gasteiger partial charge in [-0.2, -0.15) is 0 Å². The van der Waals surface area contributed by atoms with Gasteiger partial charge >= 0.3 is 0 Å². The van der Waals surface area contributed by atoms with Gasteiger partial charge < -0.3 is 15.2 Å². The Balaban J connectivity index is 2.15. The van der Waals surface area contributed by atoms with Crippen molar-refractivity contribution in [2.45, 2.75) is 26.3 Å². The molecule has 1 atom stereocenters. The van der Waals surface area contributed by atoms with Crippen molar-refractivity contribution in [3.8, 4) is 0 Å². The van der Waals surface area contributed by atoms with Crippen molar-refractivity contribution in [2.24, 2.45) is 7.05 Å². The van der Waals surface area contributed by atoms with Gasteiger partial charge in [0.1, 0.15) is 11.6 Å². The van der Waals surface area contributed by atoms with Crippen LogP contribution in [0.25, 0.3) is 11.0 Å². The lowest BCUT2D eigenvalue weighted by atomic mass is 10.3. The van der Waals surface area contributed by atoms with E-state index in [1.54, 1.807) is 12.5 Å². The van der Waals surface area contributed by atoms with Gasteiger partial charge in [0, 0.05) is 19.8 Å². The Morgan fingerprint density at radius 1 is 1.47 bits per heavy atom. The summed E-state index contributed by atoms with van der Waals surface area (Å²) in [5.41, 5.74) is 1.76. The second-order valence-corrected chi connectivity index (χ2v) is 4.54. The van der Waals surface area contributed by atoms with Gasteiger partial charge in [-0.3, -0.25) is 4.79 Å². The standard InChI is InChI=1S/C13H19N5O/c1-4-6-15-13(19)9(2)17-12-11-10(5-7-14-12)18(3)8-16-11/h5,7-9H,4,6H2,1-3H3,(H,14,17)(H,15,19). The quantitative estimate of drug-likeness (QED) is 0.851. The van der Waals surface area contributed by atoms with E-state index in [2.05, 4.69) is 20.6 Å². The van der Waals surface area contributed by atoms with Crippen molar-refractivity contribution < 1.29 is 4.79 Å². The minimum Gasteiger partial charge on any atom is -0.357 e. The smallest absolute Gasteiger partial charge is 0.242 e. The maximum Gasteiger partial charge on any atom is 0.242 e. The van der Waals surface area contributed by atoms with Gasteiger partial charge in [-0.05, 0) is 19.4 Å². The van der Waals surface area contributed by atoms with Crippen molar-refractivity contribution in [3.63, 3.8) is 0 Å². The number of hydrogen-bond acceptors (Lipinski definition) is 4. The molecule has 6 nitrogen and oxygen atoms in total. The molecule has 0 saturated carbocycles. The molecule has 19 heavy (non-hydrogen) atoms. The number of anilines is 1. The molecule has 0 bridgehead atoms. The lowest BCUT2D eigenvalue weighted by Crippen LogP contribution is -2.38. The number of carbonyl (C=O) groups is 1. The summed E-state index contributed by atoms with van der Waals surface area (Å²) in [6.45, 7) is 4.52. The lowest BCUT2D eigenvalue weighted by molar-refractivity contribution is -0.121. The van der Waals surface area contributed by atoms with E-state index in [0.29, 0.717) is 12.4 Å². The highest BCUT2D eigenvalue weighted by atomic mass is 16.2. The molecular formula is C13H19N5O. The van der Waals surface area contributed by atoms with Crippen LogP contribution in [0.3, 0.4) is 0 Å². The molecule has 0 aromatic carbocycles. The van der Waals surface area contributed by atoms with Gasteiger partial charge in [-0.25, -0.2) is 9.97 Å². The van der Waals surface area contributed by atoms with Crippen molar-refractivity contribution in [3.05, 3.63) is 18.6 Å². The summed E-state index contributed by atoms with van der Waals surface area (Å²) in [5.74, 6) is 0.605. The fourth-order valence-corrected chi connectivity index (χ4v) is 1.84. The third-order valence-electron chi connectivity index (χ3n) is 2.94. The molecule has 0 aliphatic rings. The average Bonchev–Trinajstić information content (AvgIpc) is 2.79. The summed E-state index contributed by atoms with van der Waals surface area (Å²) in [6.07, 6.45) is 4.37. The Kier molecular flexibility index (Phi) is 3.99. The molecule has 2 aromatic heterocycles. The third-order valence-corrected chi connectivity index (χ3v) is 2.94. The van der Waals surface area contributed by atoms with Gasteiger partial charge in [-0.1, -0.05) is 6.92 Å². The van der Waals surface area contributed by atoms with E-state index < -0.39 is 0 Å². The van der Waals surface area contributed by atoms with E-state index in [0.717, 1.165) is 17.5 Å². The monoisotopic (exact) mass is 261 g/mol. The summed E-state index contributed by atoms with van der Waals surface area (Å²) in [5, 5.41) is 5.96. The minimum absolute atomic E-state index is 0.0309. The lowest BCUT2D eigenvalue weighted by Gasteiger charge is -2.14. The Morgan fingerprint density at radius 3 is 3.00 bits per heavy atom. The minimum atomic E-state index is -0.341. The van der Waals surface area contributed by atoms with Crippen LogP contribution < -0.4 is 10.6 Å². The van der Waals surface area contributed by atoms with Crippen LogP contribution in [0, 0.1) is 0 Å². The summed E-state index contributed by atoms with van der Waals surface area (Å²) >= 11 is 0. The van der Waals surface area contributed by atoms with Crippen LogP contribution in [0.4, 0.5) is 5.82 Å². The second-order valence-electron chi connectivity index (χ2n) is 4.54. The van der Waals surface area contributed by atoms with Crippen molar-refractivity contribution in [1.29, 1.82) is 0 Å². The fraction of sp³-hybridized carbons (Fsp3) is 0.462. The zero-order chi connectivity index (χ0) is 13.8. The van der Waals surface area contributed by atoms with Crippen LogP contribution in [-0.2, 0) is 11.8 Å². The average molecular weight is 261 g/mol. The molecule has 0 fully saturated rings. The summed E-state index contributed by atoms with van der Waals surface area (Å²) in [7, 11) is 1.93. The predicted molar refractivity (Wildman–Crippen MR) is 74.9 cm³/mol. The van der Waals surface area contributed by atoms with Crippen LogP contribution in [0.15, 0.2) is 18.6 Å². The Bertz CT molecular complexity index is 577. The molecule has 2 rings (SSSR count). The largest absolute Gasteiger partial charge is 0.357 e. The van der Waals surface area contributed by atoms with Crippen LogP contribution >= 0.6 is 0 Å². The maximum absolute atomic E-state index is 11.8. The predicted octanol–water partition coefficient (Wildman–Crippen LogP) is 1.29. The summed E-state index contributed by atoms with van der Waals surface area (Å²) in [6, 6.07) is 1.56. The number of nitrogens with one attached hydrogen (secondary N) is 2. The van der Waals surface area contributed by atoms with Crippen molar-refractivity contribution in [1.82, 2.24) is 19.9 Å². The number of aryl methyl sites for hydroxylation is 1. The van der Waals surface area contributed by atoms with E-state index in [1.807, 2.05) is 31.5 Å². The first-order valence-electron chi connectivity index (χ1n) is 6.43. The van der Waals surface area contributed by atoms with Gasteiger partial charge in [0.25, 0.3) is 0 Å². The first kappa shape index (κ1) is 13.3. The number of fused-ring (bicyclic) bond motifs is 1. The highest BCUT2D eigenvalue weighted by Gasteiger charge is 2.15. The molecule has 2 heterocycles. The number of pyridine rings is 1. The number of hydrogen-bond donors (Lipinski definition) is 2. The van der Waals surface area contributed by atoms with Gasteiger partial charge in [0.2, 0.25) is 5.91 Å². The topological polar surface area (TPSA) is 71.8 Å². The maximum atomic E-state index is 11.8. The SMILES string of the molecule is CCCNC(=O)C(C)Nc1nccc2c1ncn2C. The van der Waals surface area contributed by atoms with Gasteiger partial charge in [0.15, 0.2) is 5.82 Å². The van der Waals surface area contributed by atoms with E-state index in [4.69, 9.17) is 0 Å². The molecular weight excluding hydrogens is 242 g/mol. The Labute approximate surface area is 112 Å². The van der Waals surface area contributed by atoms with Gasteiger partial charge in [0.05, 0.1) is 11.8 Å². The number of nitrogens with zero attached hydrogens (tertiary/aromatic N) is 3. The normalized spacial score (nSPS) is 12.4. The second kappa shape index (κ2) is 5.69. The number of amides is 1. The fourth-order valence-electron chi connectivity index (χ4n) is 1.84. The van der Waals surface area contributed by atoms with E-state index in [-0.39, 0.29) is 11.9 Å². The number of carbonyl (C=O) groups excluding carboxylic acids is 1. The van der Waals surface area contributed by atoms with E-state index in [1.165, 1.54) is 0 Å². The third kappa shape index (κ3) is 2.83. The molecule has 0 radical (unpaired) electrons. The van der Waals surface area contributed by atoms with Crippen LogP contribution in [0.2, 0.25) is 0 Å². The summed E-state index contributed by atoms with van der Waals surface area (Å²) in [4.78, 5) is 20.4. The first-order chi connectivity index (χ1) is 9.13. The molecule has 0 spiro atoms. The highest BCUT2D eigenvalue weighted by molar-refractivity contribution is 5.89. The molecule has 1 unspecified atom stereocenters. The van der Waals surface area contributed by atoms with Crippen LogP contribution in [0.1, 0.15) is 20.3 Å². The highest BCUT2D eigenvalue weighted by Crippen LogP contribution is 2.19. The molecule has 2 N–H and O–H groups in total. The molecule has 0 saturated heterocycles. The zero-order valence-corrected chi connectivity index (χ0v) is 11.5. The van der Waals surface area contributed by atoms with E-state index >= 15 is 0 Å².